The van der Waals surface area contributed by atoms with Crippen LogP contribution >= 0.6 is 11.8 Å². The number of benzene rings is 2. The van der Waals surface area contributed by atoms with Crippen molar-refractivity contribution < 1.29 is 22.7 Å². The molecule has 2 aromatic rings. The lowest BCUT2D eigenvalue weighted by Gasteiger charge is -2.12. The average molecular weight is 326 g/mol. The van der Waals surface area contributed by atoms with Crippen LogP contribution in [0.4, 0.5) is 13.2 Å². The van der Waals surface area contributed by atoms with Gasteiger partial charge in [0.15, 0.2) is 0 Å². The Morgan fingerprint density at radius 3 is 2.41 bits per heavy atom. The van der Waals surface area contributed by atoms with Gasteiger partial charge in [0.1, 0.15) is 0 Å². The predicted molar refractivity (Wildman–Crippen MR) is 78.0 cm³/mol. The lowest BCUT2D eigenvalue weighted by molar-refractivity contribution is -0.137. The van der Waals surface area contributed by atoms with Gasteiger partial charge in [-0.1, -0.05) is 30.0 Å². The van der Waals surface area contributed by atoms with Crippen LogP contribution in [0.15, 0.2) is 58.3 Å². The summed E-state index contributed by atoms with van der Waals surface area (Å²) in [4.78, 5) is 12.9. The summed E-state index contributed by atoms with van der Waals surface area (Å²) in [7, 11) is 0. The number of hydrogen-bond donors (Lipinski definition) is 0. The molecule has 0 spiro atoms. The van der Waals surface area contributed by atoms with Crippen LogP contribution in [0.25, 0.3) is 0 Å². The molecule has 2 aromatic carbocycles. The highest BCUT2D eigenvalue weighted by molar-refractivity contribution is 7.99. The van der Waals surface area contributed by atoms with Crippen molar-refractivity contribution in [2.24, 2.45) is 0 Å². The number of esters is 1. The van der Waals surface area contributed by atoms with E-state index in [1.54, 1.807) is 31.2 Å². The van der Waals surface area contributed by atoms with Crippen molar-refractivity contribution in [3.63, 3.8) is 0 Å². The van der Waals surface area contributed by atoms with Crippen LogP contribution in [-0.2, 0) is 10.9 Å². The lowest BCUT2D eigenvalue weighted by Crippen LogP contribution is -2.09. The van der Waals surface area contributed by atoms with Crippen LogP contribution in [0.1, 0.15) is 22.8 Å². The van der Waals surface area contributed by atoms with E-state index in [1.807, 2.05) is 6.07 Å². The molecule has 0 amide bonds. The summed E-state index contributed by atoms with van der Waals surface area (Å²) in [6.45, 7) is 1.81. The molecular weight excluding hydrogens is 313 g/mol. The van der Waals surface area contributed by atoms with Gasteiger partial charge in [0, 0.05) is 9.79 Å². The molecule has 0 saturated carbocycles. The van der Waals surface area contributed by atoms with Crippen LogP contribution in [0, 0.1) is 0 Å². The number of alkyl halides is 3. The molecule has 0 radical (unpaired) electrons. The standard InChI is InChI=1S/C16H13F3O2S/c1-2-21-15(20)13-9-8-11(16(17,18)19)10-14(13)22-12-6-4-3-5-7-12/h3-10H,2H2,1H3. The fourth-order valence-corrected chi connectivity index (χ4v) is 2.77. The van der Waals surface area contributed by atoms with Gasteiger partial charge in [-0.2, -0.15) is 13.2 Å². The van der Waals surface area contributed by atoms with Crippen molar-refractivity contribution in [2.75, 3.05) is 6.61 Å². The van der Waals surface area contributed by atoms with Crippen molar-refractivity contribution in [3.8, 4) is 0 Å². The zero-order valence-electron chi connectivity index (χ0n) is 11.7. The summed E-state index contributed by atoms with van der Waals surface area (Å²) in [5.41, 5.74) is -0.664. The first-order chi connectivity index (χ1) is 10.4. The number of ether oxygens (including phenoxy) is 1. The number of hydrogen-bond acceptors (Lipinski definition) is 3. The van der Waals surface area contributed by atoms with Gasteiger partial charge in [-0.15, -0.1) is 0 Å². The maximum absolute atomic E-state index is 12.9. The zero-order valence-corrected chi connectivity index (χ0v) is 12.5. The highest BCUT2D eigenvalue weighted by Gasteiger charge is 2.31. The maximum atomic E-state index is 12.9. The molecule has 0 aliphatic rings. The topological polar surface area (TPSA) is 26.3 Å². The highest BCUT2D eigenvalue weighted by Crippen LogP contribution is 2.36. The fraction of sp³-hybridized carbons (Fsp3) is 0.188. The lowest BCUT2D eigenvalue weighted by atomic mass is 10.1. The van der Waals surface area contributed by atoms with Crippen LogP contribution in [0.2, 0.25) is 0 Å². The molecule has 0 fully saturated rings. The first kappa shape index (κ1) is 16.4. The zero-order chi connectivity index (χ0) is 16.2. The second kappa shape index (κ2) is 6.87. The minimum absolute atomic E-state index is 0.128. The molecule has 2 nitrogen and oxygen atoms in total. The third kappa shape index (κ3) is 4.04. The second-order valence-electron chi connectivity index (χ2n) is 4.34. The molecule has 0 unspecified atom stereocenters. The summed E-state index contributed by atoms with van der Waals surface area (Å²) in [5, 5.41) is 0. The van der Waals surface area contributed by atoms with E-state index in [4.69, 9.17) is 4.74 Å². The third-order valence-corrected chi connectivity index (χ3v) is 3.84. The van der Waals surface area contributed by atoms with Gasteiger partial charge in [-0.3, -0.25) is 0 Å². The average Bonchev–Trinajstić information content (AvgIpc) is 2.47. The van der Waals surface area contributed by atoms with Gasteiger partial charge >= 0.3 is 12.1 Å². The van der Waals surface area contributed by atoms with Crippen molar-refractivity contribution in [1.29, 1.82) is 0 Å². The molecule has 0 aliphatic carbocycles. The predicted octanol–water partition coefficient (Wildman–Crippen LogP) is 5.03. The SMILES string of the molecule is CCOC(=O)c1ccc(C(F)(F)F)cc1Sc1ccccc1. The van der Waals surface area contributed by atoms with E-state index in [0.29, 0.717) is 0 Å². The van der Waals surface area contributed by atoms with Crippen LogP contribution in [0.3, 0.4) is 0 Å². The molecule has 116 valence electrons. The van der Waals surface area contributed by atoms with Gasteiger partial charge < -0.3 is 4.74 Å². The van der Waals surface area contributed by atoms with Crippen LogP contribution < -0.4 is 0 Å². The molecule has 0 saturated heterocycles. The fourth-order valence-electron chi connectivity index (χ4n) is 1.78. The quantitative estimate of drug-likeness (QED) is 0.737. The van der Waals surface area contributed by atoms with E-state index in [9.17, 15) is 18.0 Å². The number of rotatable bonds is 4. The van der Waals surface area contributed by atoms with E-state index < -0.39 is 17.7 Å². The molecule has 22 heavy (non-hydrogen) atoms. The van der Waals surface area contributed by atoms with E-state index in [1.165, 1.54) is 0 Å². The number of halogens is 3. The van der Waals surface area contributed by atoms with Crippen molar-refractivity contribution in [2.45, 2.75) is 22.9 Å². The molecular formula is C16H13F3O2S. The summed E-state index contributed by atoms with van der Waals surface area (Å²) in [6, 6.07) is 11.9. The summed E-state index contributed by atoms with van der Waals surface area (Å²) in [5.74, 6) is -0.630. The molecule has 0 N–H and O–H groups in total. The minimum atomic E-state index is -4.46. The molecule has 0 aliphatic heterocycles. The van der Waals surface area contributed by atoms with E-state index in [0.717, 1.165) is 34.9 Å². The Balaban J connectivity index is 2.43. The summed E-state index contributed by atoms with van der Waals surface area (Å²) in [6.07, 6.45) is -4.46. The van der Waals surface area contributed by atoms with Crippen LogP contribution in [0.5, 0.6) is 0 Å². The Labute approximate surface area is 130 Å². The molecule has 0 bridgehead atoms. The molecule has 0 aromatic heterocycles. The molecule has 2 rings (SSSR count). The Hall–Kier alpha value is -1.95. The van der Waals surface area contributed by atoms with E-state index >= 15 is 0 Å². The van der Waals surface area contributed by atoms with Gasteiger partial charge in [0.25, 0.3) is 0 Å². The Kier molecular flexibility index (Phi) is 5.13. The van der Waals surface area contributed by atoms with Crippen LogP contribution in [-0.4, -0.2) is 12.6 Å². The maximum Gasteiger partial charge on any atom is 0.416 e. The second-order valence-corrected chi connectivity index (χ2v) is 5.46. The third-order valence-electron chi connectivity index (χ3n) is 2.78. The van der Waals surface area contributed by atoms with Crippen molar-refractivity contribution in [1.82, 2.24) is 0 Å². The largest absolute Gasteiger partial charge is 0.462 e. The van der Waals surface area contributed by atoms with Gasteiger partial charge in [0.2, 0.25) is 0 Å². The first-order valence-corrected chi connectivity index (χ1v) is 7.34. The first-order valence-electron chi connectivity index (χ1n) is 6.53. The highest BCUT2D eigenvalue weighted by atomic mass is 32.2. The number of carbonyl (C=O) groups excluding carboxylic acids is 1. The van der Waals surface area contributed by atoms with Gasteiger partial charge in [-0.25, -0.2) is 4.79 Å². The van der Waals surface area contributed by atoms with Gasteiger partial charge in [0.05, 0.1) is 17.7 Å². The Morgan fingerprint density at radius 2 is 1.82 bits per heavy atom. The monoisotopic (exact) mass is 326 g/mol. The Bertz CT molecular complexity index is 654. The molecule has 0 heterocycles. The molecule has 6 heteroatoms. The number of carbonyl (C=O) groups is 1. The van der Waals surface area contributed by atoms with Gasteiger partial charge in [-0.05, 0) is 37.3 Å². The minimum Gasteiger partial charge on any atom is -0.462 e. The smallest absolute Gasteiger partial charge is 0.416 e. The van der Waals surface area contributed by atoms with E-state index in [-0.39, 0.29) is 17.1 Å². The Morgan fingerprint density at radius 1 is 1.14 bits per heavy atom. The summed E-state index contributed by atoms with van der Waals surface area (Å²) >= 11 is 1.10. The van der Waals surface area contributed by atoms with Crippen molar-refractivity contribution >= 4 is 17.7 Å². The van der Waals surface area contributed by atoms with E-state index in [2.05, 4.69) is 0 Å². The summed E-state index contributed by atoms with van der Waals surface area (Å²) < 4.78 is 43.5. The van der Waals surface area contributed by atoms with Crippen molar-refractivity contribution in [3.05, 3.63) is 59.7 Å². The normalized spacial score (nSPS) is 11.3. The molecule has 0 atom stereocenters.